The summed E-state index contributed by atoms with van der Waals surface area (Å²) in [4.78, 5) is 13.4. The van der Waals surface area contributed by atoms with Crippen molar-refractivity contribution in [1.82, 2.24) is 10.2 Å². The zero-order valence-corrected chi connectivity index (χ0v) is 10.3. The van der Waals surface area contributed by atoms with Gasteiger partial charge in [-0.15, -0.1) is 0 Å². The predicted molar refractivity (Wildman–Crippen MR) is 63.8 cm³/mol. The highest BCUT2D eigenvalue weighted by Gasteiger charge is 2.11. The summed E-state index contributed by atoms with van der Waals surface area (Å²) in [5.74, 6) is 0.509. The van der Waals surface area contributed by atoms with Crippen LogP contribution in [0.3, 0.4) is 0 Å². The van der Waals surface area contributed by atoms with E-state index in [2.05, 4.69) is 12.2 Å². The lowest BCUT2D eigenvalue weighted by Gasteiger charge is -2.21. The fourth-order valence-electron chi connectivity index (χ4n) is 1.54. The highest BCUT2D eigenvalue weighted by Crippen LogP contribution is 2.05. The maximum atomic E-state index is 11.6. The summed E-state index contributed by atoms with van der Waals surface area (Å²) >= 11 is 0. The second kappa shape index (κ2) is 8.53. The van der Waals surface area contributed by atoms with Gasteiger partial charge in [-0.1, -0.05) is 13.3 Å². The van der Waals surface area contributed by atoms with Crippen LogP contribution in [0.4, 0.5) is 4.79 Å². The Hall–Kier alpha value is -0.770. The van der Waals surface area contributed by atoms with Gasteiger partial charge in [-0.25, -0.2) is 4.79 Å². The topological polar surface area (TPSA) is 58.4 Å². The molecule has 4 nitrogen and oxygen atoms in total. The van der Waals surface area contributed by atoms with Crippen molar-refractivity contribution in [2.45, 2.75) is 33.6 Å². The fourth-order valence-corrected chi connectivity index (χ4v) is 1.54. The molecule has 0 aromatic heterocycles. The van der Waals surface area contributed by atoms with Crippen molar-refractivity contribution >= 4 is 6.03 Å². The molecule has 0 saturated carbocycles. The van der Waals surface area contributed by atoms with Gasteiger partial charge in [0.25, 0.3) is 0 Å². The van der Waals surface area contributed by atoms with E-state index in [0.29, 0.717) is 12.5 Å². The highest BCUT2D eigenvalue weighted by atomic mass is 16.2. The molecule has 0 heterocycles. The molecular weight excluding hydrogens is 190 g/mol. The van der Waals surface area contributed by atoms with Gasteiger partial charge in [-0.2, -0.15) is 0 Å². The first-order valence-electron chi connectivity index (χ1n) is 5.92. The van der Waals surface area contributed by atoms with E-state index in [1.165, 1.54) is 0 Å². The molecule has 2 amide bonds. The molecule has 0 bridgehead atoms. The summed E-state index contributed by atoms with van der Waals surface area (Å²) in [5.41, 5.74) is 5.50. The highest BCUT2D eigenvalue weighted by molar-refractivity contribution is 5.74. The van der Waals surface area contributed by atoms with Crippen LogP contribution in [-0.4, -0.2) is 37.1 Å². The summed E-state index contributed by atoms with van der Waals surface area (Å²) in [6.07, 6.45) is 2.05. The Kier molecular flexibility index (Phi) is 8.09. The molecular formula is C11H25N3O. The Morgan fingerprint density at radius 3 is 2.33 bits per heavy atom. The van der Waals surface area contributed by atoms with Crippen LogP contribution in [0.1, 0.15) is 33.6 Å². The maximum absolute atomic E-state index is 11.6. The van der Waals surface area contributed by atoms with Crippen LogP contribution in [0.15, 0.2) is 0 Å². The Balaban J connectivity index is 3.85. The van der Waals surface area contributed by atoms with Gasteiger partial charge in [-0.05, 0) is 32.7 Å². The molecule has 0 aliphatic carbocycles. The second-order valence-corrected chi connectivity index (χ2v) is 3.71. The van der Waals surface area contributed by atoms with Crippen LogP contribution in [0.25, 0.3) is 0 Å². The molecule has 0 radical (unpaired) electrons. The van der Waals surface area contributed by atoms with Crippen LogP contribution in [0.2, 0.25) is 0 Å². The van der Waals surface area contributed by atoms with E-state index in [1.807, 2.05) is 13.8 Å². The van der Waals surface area contributed by atoms with E-state index in [4.69, 9.17) is 5.73 Å². The summed E-state index contributed by atoms with van der Waals surface area (Å²) in [6.45, 7) is 9.05. The molecule has 3 N–H and O–H groups in total. The molecule has 1 unspecified atom stereocenters. The first-order valence-corrected chi connectivity index (χ1v) is 5.92. The molecule has 0 spiro atoms. The molecule has 1 atom stereocenters. The van der Waals surface area contributed by atoms with Crippen molar-refractivity contribution in [2.24, 2.45) is 11.7 Å². The molecule has 0 aromatic rings. The minimum atomic E-state index is 0.0375. The molecule has 0 rings (SSSR count). The van der Waals surface area contributed by atoms with Crippen molar-refractivity contribution in [3.63, 3.8) is 0 Å². The summed E-state index contributed by atoms with van der Waals surface area (Å²) in [5, 5.41) is 2.95. The number of urea groups is 1. The number of nitrogens with zero attached hydrogens (tertiary/aromatic N) is 1. The van der Waals surface area contributed by atoms with Gasteiger partial charge in [0.2, 0.25) is 0 Å². The molecule has 4 heteroatoms. The number of carbonyl (C=O) groups excluding carboxylic acids is 1. The zero-order valence-electron chi connectivity index (χ0n) is 10.3. The van der Waals surface area contributed by atoms with Crippen LogP contribution >= 0.6 is 0 Å². The second-order valence-electron chi connectivity index (χ2n) is 3.71. The van der Waals surface area contributed by atoms with Crippen molar-refractivity contribution in [3.8, 4) is 0 Å². The summed E-state index contributed by atoms with van der Waals surface area (Å²) < 4.78 is 0. The Morgan fingerprint density at radius 2 is 1.93 bits per heavy atom. The molecule has 0 aromatic carbocycles. The van der Waals surface area contributed by atoms with Crippen molar-refractivity contribution in [2.75, 3.05) is 26.2 Å². The van der Waals surface area contributed by atoms with Crippen LogP contribution in [0.5, 0.6) is 0 Å². The van der Waals surface area contributed by atoms with Gasteiger partial charge in [-0.3, -0.25) is 0 Å². The smallest absolute Gasteiger partial charge is 0.317 e. The first kappa shape index (κ1) is 14.2. The lowest BCUT2D eigenvalue weighted by Crippen LogP contribution is -2.41. The van der Waals surface area contributed by atoms with Crippen LogP contribution < -0.4 is 11.1 Å². The average Bonchev–Trinajstić information content (AvgIpc) is 2.25. The van der Waals surface area contributed by atoms with Gasteiger partial charge in [0.15, 0.2) is 0 Å². The number of carbonyl (C=O) groups is 1. The van der Waals surface area contributed by atoms with E-state index in [1.54, 1.807) is 4.90 Å². The number of hydrogen-bond acceptors (Lipinski definition) is 2. The standard InChI is InChI=1S/C11H25N3O/c1-4-10(7-8-12)9-13-11(15)14(5-2)6-3/h10H,4-9,12H2,1-3H3,(H,13,15). The third kappa shape index (κ3) is 5.62. The monoisotopic (exact) mass is 215 g/mol. The first-order chi connectivity index (χ1) is 7.19. The van der Waals surface area contributed by atoms with E-state index in [-0.39, 0.29) is 6.03 Å². The number of nitrogens with one attached hydrogen (secondary N) is 1. The van der Waals surface area contributed by atoms with E-state index in [9.17, 15) is 4.79 Å². The Bertz CT molecular complexity index is 169. The Labute approximate surface area is 93.2 Å². The predicted octanol–water partition coefficient (Wildman–Crippen LogP) is 1.41. The lowest BCUT2D eigenvalue weighted by atomic mass is 10.0. The number of nitrogens with two attached hydrogens (primary N) is 1. The maximum Gasteiger partial charge on any atom is 0.317 e. The quantitative estimate of drug-likeness (QED) is 0.674. The van der Waals surface area contributed by atoms with Crippen molar-refractivity contribution in [1.29, 1.82) is 0 Å². The molecule has 0 aliphatic heterocycles. The third-order valence-electron chi connectivity index (χ3n) is 2.74. The van der Waals surface area contributed by atoms with Crippen LogP contribution in [0, 0.1) is 5.92 Å². The number of hydrogen-bond donors (Lipinski definition) is 2. The van der Waals surface area contributed by atoms with Gasteiger partial charge in [0.05, 0.1) is 0 Å². The van der Waals surface area contributed by atoms with Gasteiger partial charge < -0.3 is 16.0 Å². The number of rotatable bonds is 7. The Morgan fingerprint density at radius 1 is 1.33 bits per heavy atom. The third-order valence-corrected chi connectivity index (χ3v) is 2.74. The van der Waals surface area contributed by atoms with Crippen molar-refractivity contribution < 1.29 is 4.79 Å². The average molecular weight is 215 g/mol. The summed E-state index contributed by atoms with van der Waals surface area (Å²) in [7, 11) is 0. The molecule has 0 aliphatic rings. The fraction of sp³-hybridized carbons (Fsp3) is 0.909. The number of amides is 2. The normalized spacial score (nSPS) is 12.3. The largest absolute Gasteiger partial charge is 0.338 e. The molecule has 90 valence electrons. The lowest BCUT2D eigenvalue weighted by molar-refractivity contribution is 0.201. The van der Waals surface area contributed by atoms with Gasteiger partial charge in [0, 0.05) is 19.6 Å². The van der Waals surface area contributed by atoms with Gasteiger partial charge >= 0.3 is 6.03 Å². The van der Waals surface area contributed by atoms with Gasteiger partial charge in [0.1, 0.15) is 0 Å². The van der Waals surface area contributed by atoms with E-state index in [0.717, 1.165) is 32.5 Å². The molecule has 0 fully saturated rings. The molecule has 15 heavy (non-hydrogen) atoms. The van der Waals surface area contributed by atoms with Crippen molar-refractivity contribution in [3.05, 3.63) is 0 Å². The van der Waals surface area contributed by atoms with E-state index >= 15 is 0 Å². The minimum Gasteiger partial charge on any atom is -0.338 e. The van der Waals surface area contributed by atoms with Crippen LogP contribution in [-0.2, 0) is 0 Å². The SMILES string of the molecule is CCC(CCN)CNC(=O)N(CC)CC. The zero-order chi connectivity index (χ0) is 11.7. The molecule has 0 saturated heterocycles. The van der Waals surface area contributed by atoms with E-state index < -0.39 is 0 Å². The minimum absolute atomic E-state index is 0.0375. The summed E-state index contributed by atoms with van der Waals surface area (Å²) in [6, 6.07) is 0.0375.